The first-order valence-electron chi connectivity index (χ1n) is 6.48. The Kier molecular flexibility index (Phi) is 4.38. The number of hydrogen-bond donors (Lipinski definition) is 1. The van der Waals surface area contributed by atoms with Gasteiger partial charge < -0.3 is 5.32 Å². The van der Waals surface area contributed by atoms with Crippen molar-refractivity contribution in [2.45, 2.75) is 33.1 Å². The molecule has 1 N–H and O–H groups in total. The van der Waals surface area contributed by atoms with Crippen LogP contribution in [0.1, 0.15) is 37.8 Å². The van der Waals surface area contributed by atoms with E-state index in [9.17, 15) is 0 Å². The van der Waals surface area contributed by atoms with E-state index in [0.717, 1.165) is 23.5 Å². The first-order valence-corrected chi connectivity index (χ1v) is 6.86. The van der Waals surface area contributed by atoms with Gasteiger partial charge in [-0.25, -0.2) is 9.97 Å². The number of halogens is 1. The lowest BCUT2D eigenvalue weighted by atomic mass is 10.0. The molecule has 0 unspecified atom stereocenters. The van der Waals surface area contributed by atoms with E-state index in [0.29, 0.717) is 11.1 Å². The molecule has 3 nitrogen and oxygen atoms in total. The molecule has 0 aliphatic heterocycles. The van der Waals surface area contributed by atoms with Crippen LogP contribution in [0.3, 0.4) is 0 Å². The molecule has 0 radical (unpaired) electrons. The van der Waals surface area contributed by atoms with E-state index in [1.54, 1.807) is 0 Å². The summed E-state index contributed by atoms with van der Waals surface area (Å²) in [6.07, 6.45) is 2.29. The highest BCUT2D eigenvalue weighted by Crippen LogP contribution is 2.29. The van der Waals surface area contributed by atoms with Crippen LogP contribution in [0.4, 0.5) is 11.5 Å². The van der Waals surface area contributed by atoms with Crippen LogP contribution in [0, 0.1) is 0 Å². The summed E-state index contributed by atoms with van der Waals surface area (Å²) in [5.74, 6) is 1.24. The predicted octanol–water partition coefficient (Wildman–Crippen LogP) is 4.56. The van der Waals surface area contributed by atoms with Crippen LogP contribution in [-0.2, 0) is 6.42 Å². The predicted molar refractivity (Wildman–Crippen MR) is 80.2 cm³/mol. The second-order valence-electron chi connectivity index (χ2n) is 4.71. The van der Waals surface area contributed by atoms with E-state index < -0.39 is 0 Å². The van der Waals surface area contributed by atoms with Gasteiger partial charge in [0.05, 0.1) is 0 Å². The summed E-state index contributed by atoms with van der Waals surface area (Å²) >= 11 is 6.11. The fourth-order valence-corrected chi connectivity index (χ4v) is 2.32. The Morgan fingerprint density at radius 3 is 2.63 bits per heavy atom. The van der Waals surface area contributed by atoms with Crippen molar-refractivity contribution in [2.24, 2.45) is 0 Å². The molecule has 4 heteroatoms. The van der Waals surface area contributed by atoms with Crippen molar-refractivity contribution < 1.29 is 0 Å². The van der Waals surface area contributed by atoms with Crippen LogP contribution in [0.25, 0.3) is 0 Å². The van der Waals surface area contributed by atoms with Crippen LogP contribution >= 0.6 is 11.6 Å². The molecule has 1 heterocycles. The number of benzene rings is 1. The molecule has 19 heavy (non-hydrogen) atoms. The van der Waals surface area contributed by atoms with Crippen molar-refractivity contribution in [1.29, 1.82) is 0 Å². The minimum atomic E-state index is 0.450. The molecule has 100 valence electrons. The number of aromatic nitrogens is 2. The van der Waals surface area contributed by atoms with Crippen LogP contribution in [0.5, 0.6) is 0 Å². The molecule has 0 aliphatic carbocycles. The number of hydrogen-bond acceptors (Lipinski definition) is 3. The molecule has 0 spiro atoms. The van der Waals surface area contributed by atoms with Gasteiger partial charge in [0.2, 0.25) is 0 Å². The topological polar surface area (TPSA) is 37.8 Å². The Balaban J connectivity index is 2.39. The SMILES string of the molecule is CCc1c(Cl)ncnc1Nc1ccccc1C(C)C. The zero-order valence-corrected chi connectivity index (χ0v) is 12.2. The lowest BCUT2D eigenvalue weighted by Crippen LogP contribution is -2.03. The van der Waals surface area contributed by atoms with Crippen molar-refractivity contribution in [2.75, 3.05) is 5.32 Å². The maximum absolute atomic E-state index is 6.11. The maximum atomic E-state index is 6.11. The van der Waals surface area contributed by atoms with Crippen molar-refractivity contribution >= 4 is 23.1 Å². The monoisotopic (exact) mass is 275 g/mol. The highest BCUT2D eigenvalue weighted by atomic mass is 35.5. The molecule has 0 amide bonds. The molecular weight excluding hydrogens is 258 g/mol. The zero-order chi connectivity index (χ0) is 13.8. The minimum absolute atomic E-state index is 0.450. The Labute approximate surface area is 119 Å². The highest BCUT2D eigenvalue weighted by molar-refractivity contribution is 6.30. The lowest BCUT2D eigenvalue weighted by Gasteiger charge is -2.16. The van der Waals surface area contributed by atoms with E-state index in [-0.39, 0.29) is 0 Å². The smallest absolute Gasteiger partial charge is 0.138 e. The van der Waals surface area contributed by atoms with E-state index in [2.05, 4.69) is 41.3 Å². The lowest BCUT2D eigenvalue weighted by molar-refractivity contribution is 0.868. The molecule has 0 saturated carbocycles. The highest BCUT2D eigenvalue weighted by Gasteiger charge is 2.11. The summed E-state index contributed by atoms with van der Waals surface area (Å²) < 4.78 is 0. The van der Waals surface area contributed by atoms with Crippen molar-refractivity contribution in [1.82, 2.24) is 9.97 Å². The Hall–Kier alpha value is -1.61. The molecule has 0 bridgehead atoms. The Morgan fingerprint density at radius 2 is 1.95 bits per heavy atom. The normalized spacial score (nSPS) is 10.8. The summed E-state index contributed by atoms with van der Waals surface area (Å²) in [6, 6.07) is 8.25. The number of nitrogens with zero attached hydrogens (tertiary/aromatic N) is 2. The van der Waals surface area contributed by atoms with Gasteiger partial charge in [-0.15, -0.1) is 0 Å². The molecular formula is C15H18ClN3. The summed E-state index contributed by atoms with van der Waals surface area (Å²) in [5.41, 5.74) is 3.28. The Bertz CT molecular complexity index is 567. The second-order valence-corrected chi connectivity index (χ2v) is 5.07. The Morgan fingerprint density at radius 1 is 1.21 bits per heavy atom. The average molecular weight is 276 g/mol. The molecule has 2 rings (SSSR count). The van der Waals surface area contributed by atoms with Gasteiger partial charge in [-0.3, -0.25) is 0 Å². The zero-order valence-electron chi connectivity index (χ0n) is 11.4. The maximum Gasteiger partial charge on any atom is 0.138 e. The van der Waals surface area contributed by atoms with Crippen LogP contribution in [-0.4, -0.2) is 9.97 Å². The molecule has 1 aromatic heterocycles. The fraction of sp³-hybridized carbons (Fsp3) is 0.333. The number of para-hydroxylation sites is 1. The van der Waals surface area contributed by atoms with E-state index in [4.69, 9.17) is 11.6 Å². The van der Waals surface area contributed by atoms with Gasteiger partial charge in [-0.1, -0.05) is 50.6 Å². The standard InChI is InChI=1S/C15H18ClN3/c1-4-11-14(16)17-9-18-15(11)19-13-8-6-5-7-12(13)10(2)3/h5-10H,4H2,1-3H3,(H,17,18,19). The van der Waals surface area contributed by atoms with Gasteiger partial charge in [-0.2, -0.15) is 0 Å². The number of nitrogens with one attached hydrogen (secondary N) is 1. The quantitative estimate of drug-likeness (QED) is 0.831. The average Bonchev–Trinajstić information content (AvgIpc) is 2.39. The molecule has 0 saturated heterocycles. The summed E-state index contributed by atoms with van der Waals surface area (Å²) in [4.78, 5) is 8.32. The third-order valence-electron chi connectivity index (χ3n) is 3.08. The van der Waals surface area contributed by atoms with Gasteiger partial charge >= 0.3 is 0 Å². The molecule has 2 aromatic rings. The number of rotatable bonds is 4. The van der Waals surface area contributed by atoms with Gasteiger partial charge in [0, 0.05) is 11.3 Å². The number of anilines is 2. The van der Waals surface area contributed by atoms with Gasteiger partial charge in [0.25, 0.3) is 0 Å². The van der Waals surface area contributed by atoms with Gasteiger partial charge in [-0.05, 0) is 24.0 Å². The second kappa shape index (κ2) is 6.02. The molecule has 0 aliphatic rings. The third kappa shape index (κ3) is 3.04. The van der Waals surface area contributed by atoms with E-state index in [1.807, 2.05) is 19.1 Å². The minimum Gasteiger partial charge on any atom is -0.340 e. The van der Waals surface area contributed by atoms with Gasteiger partial charge in [0.1, 0.15) is 17.3 Å². The molecule has 0 fully saturated rings. The van der Waals surface area contributed by atoms with Crippen LogP contribution < -0.4 is 5.32 Å². The first-order chi connectivity index (χ1) is 9.13. The van der Waals surface area contributed by atoms with Crippen molar-refractivity contribution in [3.63, 3.8) is 0 Å². The molecule has 0 atom stereocenters. The fourth-order valence-electron chi connectivity index (χ4n) is 2.05. The molecule has 1 aromatic carbocycles. The summed E-state index contributed by atoms with van der Waals surface area (Å²) in [7, 11) is 0. The van der Waals surface area contributed by atoms with Crippen molar-refractivity contribution in [3.05, 3.63) is 46.9 Å². The van der Waals surface area contributed by atoms with E-state index in [1.165, 1.54) is 11.9 Å². The first kappa shape index (κ1) is 13.8. The van der Waals surface area contributed by atoms with Gasteiger partial charge in [0.15, 0.2) is 0 Å². The van der Waals surface area contributed by atoms with Crippen molar-refractivity contribution in [3.8, 4) is 0 Å². The third-order valence-corrected chi connectivity index (χ3v) is 3.41. The van der Waals surface area contributed by atoms with Crippen LogP contribution in [0.2, 0.25) is 5.15 Å². The van der Waals surface area contributed by atoms with Crippen LogP contribution in [0.15, 0.2) is 30.6 Å². The summed E-state index contributed by atoms with van der Waals surface area (Å²) in [6.45, 7) is 6.40. The largest absolute Gasteiger partial charge is 0.340 e. The van der Waals surface area contributed by atoms with E-state index >= 15 is 0 Å². The summed E-state index contributed by atoms with van der Waals surface area (Å²) in [5, 5.41) is 3.89.